The number of hydrogen-bond acceptors (Lipinski definition) is 5. The van der Waals surface area contributed by atoms with E-state index in [1.54, 1.807) is 13.1 Å². The Labute approximate surface area is 180 Å². The Morgan fingerprint density at radius 3 is 2.37 bits per heavy atom. The van der Waals surface area contributed by atoms with Crippen LogP contribution in [0.5, 0.6) is 0 Å². The number of benzene rings is 1. The third-order valence-electron chi connectivity index (χ3n) is 5.56. The molecule has 0 aliphatic carbocycles. The van der Waals surface area contributed by atoms with Gasteiger partial charge in [0.25, 0.3) is 11.8 Å². The van der Waals surface area contributed by atoms with Crippen LogP contribution in [-0.2, 0) is 14.3 Å². The molecule has 2 aliphatic heterocycles. The highest BCUT2D eigenvalue weighted by Crippen LogP contribution is 2.26. The van der Waals surface area contributed by atoms with E-state index in [2.05, 4.69) is 39.0 Å². The fourth-order valence-corrected chi connectivity index (χ4v) is 4.04. The molecular formula is C22H24N4O3S. The molecule has 0 spiro atoms. The van der Waals surface area contributed by atoms with Gasteiger partial charge in [0.15, 0.2) is 5.11 Å². The molecule has 0 unspecified atom stereocenters. The number of likely N-dealkylation sites (N-methyl/N-ethyl adjacent to an activating group) is 1. The van der Waals surface area contributed by atoms with Gasteiger partial charge in [-0.05, 0) is 68.0 Å². The van der Waals surface area contributed by atoms with E-state index in [0.29, 0.717) is 0 Å². The lowest BCUT2D eigenvalue weighted by Crippen LogP contribution is -2.52. The van der Waals surface area contributed by atoms with Gasteiger partial charge in [0, 0.05) is 42.9 Å². The van der Waals surface area contributed by atoms with E-state index < -0.39 is 11.8 Å². The lowest BCUT2D eigenvalue weighted by molar-refractivity contribution is -0.128. The summed E-state index contributed by atoms with van der Waals surface area (Å²) in [6.07, 6.45) is 1.64. The van der Waals surface area contributed by atoms with E-state index in [9.17, 15) is 9.59 Å². The number of amides is 2. The van der Waals surface area contributed by atoms with Crippen LogP contribution in [0.25, 0.3) is 11.8 Å². The van der Waals surface area contributed by atoms with Gasteiger partial charge in [0.1, 0.15) is 5.57 Å². The highest BCUT2D eigenvalue weighted by Gasteiger charge is 2.31. The van der Waals surface area contributed by atoms with Crippen molar-refractivity contribution >= 4 is 40.9 Å². The van der Waals surface area contributed by atoms with Crippen LogP contribution in [-0.4, -0.2) is 59.7 Å². The van der Waals surface area contributed by atoms with Crippen LogP contribution in [0.4, 0.5) is 5.69 Å². The van der Waals surface area contributed by atoms with E-state index in [1.165, 1.54) is 10.6 Å². The van der Waals surface area contributed by atoms with Crippen LogP contribution in [0.15, 0.2) is 35.9 Å². The van der Waals surface area contributed by atoms with Gasteiger partial charge >= 0.3 is 0 Å². The highest BCUT2D eigenvalue weighted by atomic mass is 32.1. The van der Waals surface area contributed by atoms with E-state index in [1.807, 2.05) is 19.9 Å². The second kappa shape index (κ2) is 8.04. The van der Waals surface area contributed by atoms with Crippen molar-refractivity contribution < 1.29 is 14.3 Å². The van der Waals surface area contributed by atoms with Crippen LogP contribution in [0.1, 0.15) is 17.0 Å². The Morgan fingerprint density at radius 1 is 1.07 bits per heavy atom. The van der Waals surface area contributed by atoms with Crippen LogP contribution in [0, 0.1) is 13.8 Å². The molecule has 0 saturated carbocycles. The molecule has 156 valence electrons. The zero-order valence-electron chi connectivity index (χ0n) is 17.3. The van der Waals surface area contributed by atoms with Crippen molar-refractivity contribution in [2.45, 2.75) is 13.8 Å². The standard InChI is InChI=1S/C22H24N4O3S/c1-14-12-16(13-19-20(27)23-22(30)24(3)21(19)28)15(2)26(14)18-6-4-17(5-7-18)25-8-10-29-11-9-25/h4-7,12-13H,8-11H2,1-3H3,(H,23,27,30). The van der Waals surface area contributed by atoms with Crippen molar-refractivity contribution in [1.82, 2.24) is 14.8 Å². The molecule has 1 aromatic heterocycles. The molecule has 7 nitrogen and oxygen atoms in total. The van der Waals surface area contributed by atoms with Gasteiger partial charge in [-0.3, -0.25) is 19.8 Å². The smallest absolute Gasteiger partial charge is 0.265 e. The molecule has 2 saturated heterocycles. The minimum Gasteiger partial charge on any atom is -0.378 e. The number of thiocarbonyl (C=S) groups is 1. The number of carbonyl (C=O) groups is 2. The first-order valence-corrected chi connectivity index (χ1v) is 10.2. The average molecular weight is 425 g/mol. The van der Waals surface area contributed by atoms with Gasteiger partial charge in [-0.25, -0.2) is 0 Å². The zero-order chi connectivity index (χ0) is 21.4. The van der Waals surface area contributed by atoms with Gasteiger partial charge in [-0.15, -0.1) is 0 Å². The summed E-state index contributed by atoms with van der Waals surface area (Å²) in [5.74, 6) is -0.869. The Morgan fingerprint density at radius 2 is 1.70 bits per heavy atom. The maximum Gasteiger partial charge on any atom is 0.265 e. The predicted molar refractivity (Wildman–Crippen MR) is 120 cm³/mol. The Balaban J connectivity index is 1.65. The fourth-order valence-electron chi connectivity index (χ4n) is 3.87. The molecule has 2 aliphatic rings. The second-order valence-electron chi connectivity index (χ2n) is 7.46. The fraction of sp³-hybridized carbons (Fsp3) is 0.318. The Kier molecular flexibility index (Phi) is 5.44. The molecule has 2 amide bonds. The van der Waals surface area contributed by atoms with E-state index in [4.69, 9.17) is 17.0 Å². The normalized spacial score (nSPS) is 18.9. The number of ether oxygens (including phenoxy) is 1. The average Bonchev–Trinajstić information content (AvgIpc) is 3.03. The summed E-state index contributed by atoms with van der Waals surface area (Å²) >= 11 is 5.00. The maximum absolute atomic E-state index is 12.5. The quantitative estimate of drug-likeness (QED) is 0.465. The lowest BCUT2D eigenvalue weighted by Gasteiger charge is -2.29. The van der Waals surface area contributed by atoms with Crippen LogP contribution in [0.3, 0.4) is 0 Å². The number of nitrogens with zero attached hydrogens (tertiary/aromatic N) is 3. The second-order valence-corrected chi connectivity index (χ2v) is 7.85. The van der Waals surface area contributed by atoms with E-state index >= 15 is 0 Å². The third kappa shape index (κ3) is 3.64. The molecule has 30 heavy (non-hydrogen) atoms. The number of hydrogen-bond donors (Lipinski definition) is 1. The van der Waals surface area contributed by atoms with Crippen molar-refractivity contribution in [1.29, 1.82) is 0 Å². The topological polar surface area (TPSA) is 66.8 Å². The molecule has 1 aromatic carbocycles. The van der Waals surface area contributed by atoms with Gasteiger partial charge in [0.2, 0.25) is 0 Å². The first-order chi connectivity index (χ1) is 14.4. The molecular weight excluding hydrogens is 400 g/mol. The summed E-state index contributed by atoms with van der Waals surface area (Å²) in [6.45, 7) is 7.28. The lowest BCUT2D eigenvalue weighted by atomic mass is 10.1. The number of anilines is 1. The van der Waals surface area contributed by atoms with Gasteiger partial charge < -0.3 is 14.2 Å². The van der Waals surface area contributed by atoms with Crippen molar-refractivity contribution in [2.75, 3.05) is 38.3 Å². The number of morpholine rings is 1. The van der Waals surface area contributed by atoms with Crippen molar-refractivity contribution in [3.8, 4) is 5.69 Å². The zero-order valence-corrected chi connectivity index (χ0v) is 18.1. The molecule has 2 aromatic rings. The summed E-state index contributed by atoms with van der Waals surface area (Å²) in [5, 5.41) is 2.67. The number of aromatic nitrogens is 1. The number of nitrogens with one attached hydrogen (secondary N) is 1. The minimum atomic E-state index is -0.470. The number of carbonyl (C=O) groups excluding carboxylic acids is 2. The van der Waals surface area contributed by atoms with Gasteiger partial charge in [0.05, 0.1) is 13.2 Å². The maximum atomic E-state index is 12.5. The van der Waals surface area contributed by atoms with Gasteiger partial charge in [-0.2, -0.15) is 0 Å². The highest BCUT2D eigenvalue weighted by molar-refractivity contribution is 7.80. The predicted octanol–water partition coefficient (Wildman–Crippen LogP) is 2.19. The number of rotatable bonds is 3. The molecule has 3 heterocycles. The summed E-state index contributed by atoms with van der Waals surface area (Å²) in [4.78, 5) is 28.4. The molecule has 1 N–H and O–H groups in total. The molecule has 8 heteroatoms. The Hall–Kier alpha value is -2.97. The van der Waals surface area contributed by atoms with E-state index in [-0.39, 0.29) is 10.7 Å². The largest absolute Gasteiger partial charge is 0.378 e. The third-order valence-corrected chi connectivity index (χ3v) is 5.93. The van der Waals surface area contributed by atoms with Crippen LogP contribution in [0.2, 0.25) is 0 Å². The Bertz CT molecular complexity index is 1050. The van der Waals surface area contributed by atoms with Crippen molar-refractivity contribution in [3.63, 3.8) is 0 Å². The first-order valence-electron chi connectivity index (χ1n) is 9.84. The molecule has 0 atom stereocenters. The van der Waals surface area contributed by atoms with E-state index in [0.717, 1.165) is 48.9 Å². The summed E-state index contributed by atoms with van der Waals surface area (Å²) in [6, 6.07) is 10.4. The van der Waals surface area contributed by atoms with Crippen molar-refractivity contribution in [2.24, 2.45) is 0 Å². The van der Waals surface area contributed by atoms with Crippen LogP contribution >= 0.6 is 12.2 Å². The molecule has 0 bridgehead atoms. The number of aryl methyl sites for hydroxylation is 1. The summed E-state index contributed by atoms with van der Waals surface area (Å²) in [7, 11) is 1.55. The van der Waals surface area contributed by atoms with Crippen molar-refractivity contribution in [3.05, 3.63) is 52.9 Å². The summed E-state index contributed by atoms with van der Waals surface area (Å²) < 4.78 is 7.54. The summed E-state index contributed by atoms with van der Waals surface area (Å²) in [5.41, 5.74) is 5.08. The van der Waals surface area contributed by atoms with Crippen LogP contribution < -0.4 is 10.2 Å². The first kappa shape index (κ1) is 20.3. The minimum absolute atomic E-state index is 0.0778. The van der Waals surface area contributed by atoms with Gasteiger partial charge in [-0.1, -0.05) is 0 Å². The monoisotopic (exact) mass is 424 g/mol. The SMILES string of the molecule is Cc1cc(C=C2C(=O)NC(=S)N(C)C2=O)c(C)n1-c1ccc(N2CCOCC2)cc1. The molecule has 2 fully saturated rings. The molecule has 4 rings (SSSR count). The molecule has 0 radical (unpaired) electrons.